The second-order valence-electron chi connectivity index (χ2n) is 2.85. The predicted molar refractivity (Wildman–Crippen MR) is 42.8 cm³/mol. The molecule has 2 rings (SSSR count). The summed E-state index contributed by atoms with van der Waals surface area (Å²) < 4.78 is 4.93. The molecule has 1 aliphatic rings. The minimum atomic E-state index is -0.227. The summed E-state index contributed by atoms with van der Waals surface area (Å²) in [6, 6.07) is 0. The van der Waals surface area contributed by atoms with Gasteiger partial charge in [0, 0.05) is 6.92 Å². The van der Waals surface area contributed by atoms with Crippen molar-refractivity contribution in [1.82, 2.24) is 10.0 Å². The van der Waals surface area contributed by atoms with Crippen LogP contribution in [0.4, 0.5) is 0 Å². The van der Waals surface area contributed by atoms with Crippen LogP contribution in [0.2, 0.25) is 0 Å². The predicted octanol–water partition coefficient (Wildman–Crippen LogP) is 0.761. The van der Waals surface area contributed by atoms with Crippen LogP contribution in [0, 0.1) is 6.92 Å². The molecule has 0 bridgehead atoms. The Morgan fingerprint density at radius 3 is 3.08 bits per heavy atom. The lowest BCUT2D eigenvalue weighted by Gasteiger charge is -2.10. The van der Waals surface area contributed by atoms with Crippen molar-refractivity contribution in [2.45, 2.75) is 13.3 Å². The molecule has 13 heavy (non-hydrogen) atoms. The van der Waals surface area contributed by atoms with Crippen molar-refractivity contribution in [2.24, 2.45) is 0 Å². The molecule has 0 atom stereocenters. The van der Waals surface area contributed by atoms with Crippen LogP contribution in [0.15, 0.2) is 10.7 Å². The van der Waals surface area contributed by atoms with Crippen molar-refractivity contribution in [3.63, 3.8) is 0 Å². The van der Waals surface area contributed by atoms with Crippen LogP contribution in [0.5, 0.6) is 0 Å². The molecule has 0 N–H and O–H groups in total. The van der Waals surface area contributed by atoms with Crippen LogP contribution in [-0.2, 0) is 4.84 Å². The van der Waals surface area contributed by atoms with Crippen LogP contribution < -0.4 is 0 Å². The fraction of sp³-hybridized carbons (Fsp3) is 0.500. The highest BCUT2D eigenvalue weighted by molar-refractivity contribution is 5.91. The molecule has 0 aliphatic carbocycles. The first-order chi connectivity index (χ1) is 6.27. The summed E-state index contributed by atoms with van der Waals surface area (Å²) in [5.74, 6) is 0.261. The zero-order valence-corrected chi connectivity index (χ0v) is 7.32. The summed E-state index contributed by atoms with van der Waals surface area (Å²) in [7, 11) is 0. The lowest BCUT2D eigenvalue weighted by Crippen LogP contribution is -2.26. The largest absolute Gasteiger partial charge is 0.448 e. The van der Waals surface area contributed by atoms with Gasteiger partial charge in [-0.25, -0.2) is 10.0 Å². The van der Waals surface area contributed by atoms with E-state index < -0.39 is 0 Å². The van der Waals surface area contributed by atoms with Crippen molar-refractivity contribution in [3.8, 4) is 0 Å². The molecular weight excluding hydrogens is 172 g/mol. The maximum absolute atomic E-state index is 11.5. The van der Waals surface area contributed by atoms with Gasteiger partial charge in [0.05, 0.1) is 13.2 Å². The first-order valence-corrected chi connectivity index (χ1v) is 4.14. The molecule has 1 fully saturated rings. The zero-order chi connectivity index (χ0) is 9.26. The van der Waals surface area contributed by atoms with Crippen LogP contribution in [0.1, 0.15) is 22.8 Å². The Bertz CT molecular complexity index is 315. The average Bonchev–Trinajstić information content (AvgIpc) is 2.72. The lowest BCUT2D eigenvalue weighted by atomic mass is 10.4. The number of nitrogens with zero attached hydrogens (tertiary/aromatic N) is 2. The maximum Gasteiger partial charge on any atom is 0.299 e. The van der Waals surface area contributed by atoms with Crippen LogP contribution in [0.3, 0.4) is 0 Å². The number of amides is 1. The molecule has 1 aliphatic heterocycles. The number of hydroxylamine groups is 2. The minimum absolute atomic E-state index is 0.227. The Kier molecular flexibility index (Phi) is 2.02. The molecule has 2 heterocycles. The standard InChI is InChI=1S/C8H10N2O3/c1-6-9-7(5-12-6)8(11)10-3-2-4-13-10/h5H,2-4H2,1H3. The molecule has 70 valence electrons. The van der Waals surface area contributed by atoms with Crippen molar-refractivity contribution in [2.75, 3.05) is 13.2 Å². The molecule has 1 aromatic rings. The number of carbonyl (C=O) groups excluding carboxylic acids is 1. The number of carbonyl (C=O) groups is 1. The molecule has 1 aromatic heterocycles. The van der Waals surface area contributed by atoms with E-state index >= 15 is 0 Å². The number of hydrogen-bond acceptors (Lipinski definition) is 4. The summed E-state index contributed by atoms with van der Waals surface area (Å²) in [4.78, 5) is 20.5. The minimum Gasteiger partial charge on any atom is -0.448 e. The molecule has 0 spiro atoms. The molecule has 0 unspecified atom stereocenters. The van der Waals surface area contributed by atoms with Gasteiger partial charge in [0.1, 0.15) is 6.26 Å². The third-order valence-electron chi connectivity index (χ3n) is 1.82. The first kappa shape index (κ1) is 8.25. The molecule has 5 nitrogen and oxygen atoms in total. The van der Waals surface area contributed by atoms with Crippen molar-refractivity contribution in [3.05, 3.63) is 17.8 Å². The fourth-order valence-corrected chi connectivity index (χ4v) is 1.20. The van der Waals surface area contributed by atoms with Crippen molar-refractivity contribution >= 4 is 5.91 Å². The quantitative estimate of drug-likeness (QED) is 0.643. The Morgan fingerprint density at radius 1 is 1.69 bits per heavy atom. The second kappa shape index (κ2) is 3.18. The average molecular weight is 182 g/mol. The van der Waals surface area contributed by atoms with Crippen LogP contribution in [0.25, 0.3) is 0 Å². The highest BCUT2D eigenvalue weighted by atomic mass is 16.7. The van der Waals surface area contributed by atoms with E-state index in [0.717, 1.165) is 6.42 Å². The van der Waals surface area contributed by atoms with Gasteiger partial charge in [-0.05, 0) is 6.42 Å². The summed E-state index contributed by atoms with van der Waals surface area (Å²) in [6.45, 7) is 2.93. The van der Waals surface area contributed by atoms with Gasteiger partial charge in [0.15, 0.2) is 11.6 Å². The maximum atomic E-state index is 11.5. The fourth-order valence-electron chi connectivity index (χ4n) is 1.20. The first-order valence-electron chi connectivity index (χ1n) is 4.14. The Balaban J connectivity index is 2.12. The van der Waals surface area contributed by atoms with Crippen LogP contribution in [-0.4, -0.2) is 29.1 Å². The third kappa shape index (κ3) is 1.55. The van der Waals surface area contributed by atoms with Gasteiger partial charge in [-0.2, -0.15) is 0 Å². The Morgan fingerprint density at radius 2 is 2.54 bits per heavy atom. The summed E-state index contributed by atoms with van der Waals surface area (Å²) in [5, 5.41) is 1.32. The summed E-state index contributed by atoms with van der Waals surface area (Å²) in [6.07, 6.45) is 2.22. The van der Waals surface area contributed by atoms with E-state index in [4.69, 9.17) is 9.25 Å². The van der Waals surface area contributed by atoms with E-state index in [-0.39, 0.29) is 5.91 Å². The number of oxazole rings is 1. The summed E-state index contributed by atoms with van der Waals surface area (Å²) in [5.41, 5.74) is 0.305. The van der Waals surface area contributed by atoms with Gasteiger partial charge in [-0.3, -0.25) is 9.63 Å². The molecule has 1 saturated heterocycles. The number of rotatable bonds is 1. The number of hydrogen-bond donors (Lipinski definition) is 0. The molecule has 0 aromatic carbocycles. The normalized spacial score (nSPS) is 16.5. The third-order valence-corrected chi connectivity index (χ3v) is 1.82. The van der Waals surface area contributed by atoms with Gasteiger partial charge >= 0.3 is 0 Å². The molecule has 1 amide bonds. The van der Waals surface area contributed by atoms with E-state index in [9.17, 15) is 4.79 Å². The van der Waals surface area contributed by atoms with E-state index in [0.29, 0.717) is 24.7 Å². The van der Waals surface area contributed by atoms with Gasteiger partial charge in [0.25, 0.3) is 5.91 Å². The highest BCUT2D eigenvalue weighted by Gasteiger charge is 2.23. The number of aryl methyl sites for hydroxylation is 1. The van der Waals surface area contributed by atoms with E-state index in [1.165, 1.54) is 11.3 Å². The second-order valence-corrected chi connectivity index (χ2v) is 2.85. The van der Waals surface area contributed by atoms with E-state index in [1.54, 1.807) is 6.92 Å². The van der Waals surface area contributed by atoms with E-state index in [1.807, 2.05) is 0 Å². The smallest absolute Gasteiger partial charge is 0.299 e. The summed E-state index contributed by atoms with van der Waals surface area (Å²) >= 11 is 0. The Hall–Kier alpha value is -1.36. The van der Waals surface area contributed by atoms with Gasteiger partial charge in [-0.1, -0.05) is 0 Å². The van der Waals surface area contributed by atoms with Gasteiger partial charge in [-0.15, -0.1) is 0 Å². The van der Waals surface area contributed by atoms with Gasteiger partial charge in [0.2, 0.25) is 0 Å². The Labute approximate surface area is 75.3 Å². The molecule has 0 radical (unpaired) electrons. The monoisotopic (exact) mass is 182 g/mol. The number of aromatic nitrogens is 1. The SMILES string of the molecule is Cc1nc(C(=O)N2CCCO2)co1. The zero-order valence-electron chi connectivity index (χ0n) is 7.32. The molecular formula is C8H10N2O3. The highest BCUT2D eigenvalue weighted by Crippen LogP contribution is 2.10. The van der Waals surface area contributed by atoms with Crippen LogP contribution >= 0.6 is 0 Å². The van der Waals surface area contributed by atoms with E-state index in [2.05, 4.69) is 4.98 Å². The van der Waals surface area contributed by atoms with Crippen molar-refractivity contribution in [1.29, 1.82) is 0 Å². The van der Waals surface area contributed by atoms with Gasteiger partial charge < -0.3 is 4.42 Å². The molecule has 0 saturated carbocycles. The van der Waals surface area contributed by atoms with Crippen molar-refractivity contribution < 1.29 is 14.0 Å². The molecule has 5 heteroatoms. The topological polar surface area (TPSA) is 55.6 Å². The lowest BCUT2D eigenvalue weighted by molar-refractivity contribution is -0.0771.